The van der Waals surface area contributed by atoms with Crippen molar-refractivity contribution < 1.29 is 9.53 Å². The molecule has 51 heavy (non-hydrogen) atoms. The summed E-state index contributed by atoms with van der Waals surface area (Å²) >= 11 is 0. The third-order valence-electron chi connectivity index (χ3n) is 9.57. The largest absolute Gasteiger partial charge is 0.442 e. The molecule has 0 unspecified atom stereocenters. The van der Waals surface area contributed by atoms with E-state index in [1.165, 1.54) is 0 Å². The molecule has 0 saturated heterocycles. The molecule has 5 aromatic carbocycles. The van der Waals surface area contributed by atoms with Gasteiger partial charge in [0.15, 0.2) is 5.60 Å². The van der Waals surface area contributed by atoms with E-state index in [4.69, 9.17) is 4.74 Å². The summed E-state index contributed by atoms with van der Waals surface area (Å²) in [6.45, 7) is 2.06. The first kappa shape index (κ1) is 35.1. The van der Waals surface area contributed by atoms with Crippen LogP contribution in [0, 0.1) is 6.92 Å². The Morgan fingerprint density at radius 3 is 1.10 bits per heavy atom. The first-order chi connectivity index (χ1) is 24.3. The predicted octanol–water partition coefficient (Wildman–Crippen LogP) is 8.89. The molecule has 6 nitrogen and oxygen atoms in total. The Kier molecular flexibility index (Phi) is 9.80. The standard InChI is InChI=1S/C45H48N4O2/c1-31-10-27-40-43(28-31)45(51-44(40)50,29-41(32-11-19-36(20-12-32)46(2)3)33-13-21-37(22-14-33)47(4)5)30-42(34-15-23-38(24-16-34)48(6)7)35-17-25-39(26-18-35)49(8)9/h10-30H,1-9H3. The Hall–Kier alpha value is -5.75. The van der Waals surface area contributed by atoms with Gasteiger partial charge in [-0.1, -0.05) is 66.2 Å². The van der Waals surface area contributed by atoms with E-state index in [9.17, 15) is 4.79 Å². The van der Waals surface area contributed by atoms with Gasteiger partial charge < -0.3 is 24.3 Å². The van der Waals surface area contributed by atoms with Gasteiger partial charge in [-0.2, -0.15) is 0 Å². The molecule has 260 valence electrons. The topological polar surface area (TPSA) is 39.3 Å². The summed E-state index contributed by atoms with van der Waals surface area (Å²) in [6, 6.07) is 40.2. The minimum absolute atomic E-state index is 0.340. The highest BCUT2D eigenvalue weighted by atomic mass is 16.6. The normalized spacial score (nSPS) is 12.8. The van der Waals surface area contributed by atoms with Gasteiger partial charge in [0.25, 0.3) is 0 Å². The molecular weight excluding hydrogens is 629 g/mol. The number of carbonyl (C=O) groups excluding carboxylic acids is 1. The van der Waals surface area contributed by atoms with E-state index in [2.05, 4.69) is 142 Å². The Morgan fingerprint density at radius 2 is 0.804 bits per heavy atom. The van der Waals surface area contributed by atoms with Crippen molar-refractivity contribution in [3.63, 3.8) is 0 Å². The number of anilines is 4. The summed E-state index contributed by atoms with van der Waals surface area (Å²) in [5, 5.41) is 0. The van der Waals surface area contributed by atoms with Crippen LogP contribution in [0.5, 0.6) is 0 Å². The van der Waals surface area contributed by atoms with E-state index in [0.717, 1.165) is 67.3 Å². The third-order valence-corrected chi connectivity index (χ3v) is 9.57. The van der Waals surface area contributed by atoms with E-state index in [0.29, 0.717) is 5.56 Å². The Bertz CT molecular complexity index is 1850. The van der Waals surface area contributed by atoms with E-state index in [-0.39, 0.29) is 5.97 Å². The highest BCUT2D eigenvalue weighted by molar-refractivity contribution is 5.98. The second-order valence-corrected chi connectivity index (χ2v) is 14.1. The molecule has 0 bridgehead atoms. The molecule has 6 heteroatoms. The maximum atomic E-state index is 13.9. The maximum Gasteiger partial charge on any atom is 0.340 e. The lowest BCUT2D eigenvalue weighted by atomic mass is 9.82. The van der Waals surface area contributed by atoms with Crippen LogP contribution in [0.4, 0.5) is 22.7 Å². The van der Waals surface area contributed by atoms with Gasteiger partial charge in [-0.15, -0.1) is 0 Å². The SMILES string of the molecule is Cc1ccc2c(c1)C(C=C(c1ccc(N(C)C)cc1)c1ccc(N(C)C)cc1)(C=C(c1ccc(N(C)C)cc1)c1ccc(N(C)C)cc1)OC2=O. The molecule has 0 N–H and O–H groups in total. The Labute approximate surface area is 303 Å². The first-order valence-electron chi connectivity index (χ1n) is 17.3. The van der Waals surface area contributed by atoms with Gasteiger partial charge >= 0.3 is 5.97 Å². The zero-order chi connectivity index (χ0) is 36.4. The fourth-order valence-electron chi connectivity index (χ4n) is 6.53. The van der Waals surface area contributed by atoms with E-state index >= 15 is 0 Å². The molecule has 0 amide bonds. The molecular formula is C45H48N4O2. The second-order valence-electron chi connectivity index (χ2n) is 14.1. The van der Waals surface area contributed by atoms with Crippen LogP contribution in [0.1, 0.15) is 43.7 Å². The highest BCUT2D eigenvalue weighted by Crippen LogP contribution is 2.45. The molecule has 0 radical (unpaired) electrons. The van der Waals surface area contributed by atoms with Crippen LogP contribution in [0.25, 0.3) is 11.1 Å². The lowest BCUT2D eigenvalue weighted by Crippen LogP contribution is -2.23. The van der Waals surface area contributed by atoms with Crippen LogP contribution >= 0.6 is 0 Å². The second kappa shape index (κ2) is 14.2. The minimum Gasteiger partial charge on any atom is -0.442 e. The lowest BCUT2D eigenvalue weighted by Gasteiger charge is -2.27. The number of carbonyl (C=O) groups is 1. The first-order valence-corrected chi connectivity index (χ1v) is 17.3. The molecule has 0 aromatic heterocycles. The van der Waals surface area contributed by atoms with Crippen molar-refractivity contribution in [2.75, 3.05) is 76.0 Å². The molecule has 1 aliphatic heterocycles. The smallest absolute Gasteiger partial charge is 0.340 e. The highest BCUT2D eigenvalue weighted by Gasteiger charge is 2.43. The summed E-state index contributed by atoms with van der Waals surface area (Å²) in [4.78, 5) is 22.3. The van der Waals surface area contributed by atoms with Crippen LogP contribution in [-0.4, -0.2) is 62.4 Å². The van der Waals surface area contributed by atoms with Crippen molar-refractivity contribution in [1.82, 2.24) is 0 Å². The van der Waals surface area contributed by atoms with Crippen LogP contribution in [0.3, 0.4) is 0 Å². The zero-order valence-corrected chi connectivity index (χ0v) is 31.2. The number of hydrogen-bond donors (Lipinski definition) is 0. The fourth-order valence-corrected chi connectivity index (χ4v) is 6.53. The van der Waals surface area contributed by atoms with Crippen LogP contribution in [-0.2, 0) is 10.3 Å². The summed E-state index contributed by atoms with van der Waals surface area (Å²) in [5.74, 6) is -0.340. The number of hydrogen-bond acceptors (Lipinski definition) is 6. The van der Waals surface area contributed by atoms with Gasteiger partial charge in [0.2, 0.25) is 0 Å². The monoisotopic (exact) mass is 676 g/mol. The summed E-state index contributed by atoms with van der Waals surface area (Å²) < 4.78 is 6.64. The molecule has 0 aliphatic carbocycles. The number of esters is 1. The quantitative estimate of drug-likeness (QED) is 0.138. The van der Waals surface area contributed by atoms with Gasteiger partial charge in [0.05, 0.1) is 5.56 Å². The summed E-state index contributed by atoms with van der Waals surface area (Å²) in [7, 11) is 16.3. The summed E-state index contributed by atoms with van der Waals surface area (Å²) in [5.41, 5.74) is 11.7. The molecule has 0 saturated carbocycles. The van der Waals surface area contributed by atoms with Crippen molar-refractivity contribution in [3.8, 4) is 0 Å². The van der Waals surface area contributed by atoms with E-state index in [1.54, 1.807) is 0 Å². The predicted molar refractivity (Wildman–Crippen MR) is 216 cm³/mol. The van der Waals surface area contributed by atoms with Crippen molar-refractivity contribution in [1.29, 1.82) is 0 Å². The average Bonchev–Trinajstić information content (AvgIpc) is 3.39. The number of aryl methyl sites for hydroxylation is 1. The van der Waals surface area contributed by atoms with Gasteiger partial charge in [0, 0.05) is 84.7 Å². The van der Waals surface area contributed by atoms with Crippen molar-refractivity contribution >= 4 is 39.9 Å². The maximum absolute atomic E-state index is 13.9. The number of ether oxygens (including phenoxy) is 1. The third kappa shape index (κ3) is 7.27. The molecule has 0 spiro atoms. The minimum atomic E-state index is -1.22. The number of nitrogens with zero attached hydrogens (tertiary/aromatic N) is 4. The Morgan fingerprint density at radius 1 is 0.490 bits per heavy atom. The molecule has 0 fully saturated rings. The molecule has 1 aliphatic rings. The molecule has 0 atom stereocenters. The van der Waals surface area contributed by atoms with Crippen molar-refractivity contribution in [2.45, 2.75) is 12.5 Å². The van der Waals surface area contributed by atoms with Gasteiger partial charge in [-0.25, -0.2) is 4.79 Å². The number of benzene rings is 5. The number of rotatable bonds is 10. The Balaban J connectivity index is 1.67. The van der Waals surface area contributed by atoms with E-state index in [1.807, 2.05) is 68.5 Å². The van der Waals surface area contributed by atoms with Crippen LogP contribution in [0.2, 0.25) is 0 Å². The summed E-state index contributed by atoms with van der Waals surface area (Å²) in [6.07, 6.45) is 4.29. The molecule has 5 aromatic rings. The molecule has 6 rings (SSSR count). The van der Waals surface area contributed by atoms with Gasteiger partial charge in [0.1, 0.15) is 0 Å². The zero-order valence-electron chi connectivity index (χ0n) is 31.2. The lowest BCUT2D eigenvalue weighted by molar-refractivity contribution is 0.0299. The van der Waals surface area contributed by atoms with Gasteiger partial charge in [-0.3, -0.25) is 0 Å². The van der Waals surface area contributed by atoms with Crippen molar-refractivity contribution in [3.05, 3.63) is 166 Å². The average molecular weight is 677 g/mol. The van der Waals surface area contributed by atoms with Gasteiger partial charge in [-0.05, 0) is 107 Å². The fraction of sp³-hybridized carbons (Fsp3) is 0.222. The van der Waals surface area contributed by atoms with E-state index < -0.39 is 5.60 Å². The molecule has 1 heterocycles. The van der Waals surface area contributed by atoms with Crippen LogP contribution in [0.15, 0.2) is 127 Å². The number of fused-ring (bicyclic) bond motifs is 1. The van der Waals surface area contributed by atoms with Crippen molar-refractivity contribution in [2.24, 2.45) is 0 Å². The van der Waals surface area contributed by atoms with Crippen LogP contribution < -0.4 is 19.6 Å². The number of cyclic esters (lactones) is 1.